The molecule has 3 heteroatoms. The number of hydrogen-bond donors (Lipinski definition) is 1. The molecular weight excluding hydrogens is 166 g/mol. The van der Waals surface area contributed by atoms with E-state index in [0.717, 1.165) is 25.8 Å². The maximum Gasteiger partial charge on any atom is 0.222 e. The van der Waals surface area contributed by atoms with Gasteiger partial charge in [0.1, 0.15) is 0 Å². The van der Waals surface area contributed by atoms with Gasteiger partial charge in [-0.25, -0.2) is 0 Å². The summed E-state index contributed by atoms with van der Waals surface area (Å²) in [6.07, 6.45) is 3.57. The second-order valence-corrected chi connectivity index (χ2v) is 3.21. The normalized spacial score (nSPS) is 10.1. The van der Waals surface area contributed by atoms with Crippen molar-refractivity contribution in [3.05, 3.63) is 0 Å². The number of carbonyl (C=O) groups is 1. The zero-order valence-electron chi connectivity index (χ0n) is 8.75. The zero-order chi connectivity index (χ0) is 10.1. The molecule has 0 aliphatic rings. The number of carbonyl (C=O) groups excluding carboxylic acids is 1. The van der Waals surface area contributed by atoms with Crippen molar-refractivity contribution in [3.8, 4) is 0 Å². The van der Waals surface area contributed by atoms with Crippen LogP contribution in [0.4, 0.5) is 0 Å². The number of aliphatic hydroxyl groups excluding tert-OH is 1. The molecule has 1 amide bonds. The van der Waals surface area contributed by atoms with Gasteiger partial charge in [0.25, 0.3) is 0 Å². The lowest BCUT2D eigenvalue weighted by atomic mass is 10.2. The van der Waals surface area contributed by atoms with Crippen LogP contribution in [0.25, 0.3) is 0 Å². The molecule has 0 fully saturated rings. The molecule has 0 atom stereocenters. The minimum absolute atomic E-state index is 0.0673. The van der Waals surface area contributed by atoms with Gasteiger partial charge in [-0.1, -0.05) is 20.3 Å². The number of amides is 1. The lowest BCUT2D eigenvalue weighted by molar-refractivity contribution is -0.131. The molecule has 78 valence electrons. The Hall–Kier alpha value is -0.570. The fraction of sp³-hybridized carbons (Fsp3) is 0.900. The van der Waals surface area contributed by atoms with E-state index in [0.29, 0.717) is 13.0 Å². The maximum absolute atomic E-state index is 11.5. The molecule has 0 bridgehead atoms. The Bertz CT molecular complexity index is 131. The minimum Gasteiger partial charge on any atom is -0.395 e. The van der Waals surface area contributed by atoms with Crippen LogP contribution < -0.4 is 0 Å². The Morgan fingerprint density at radius 2 is 1.92 bits per heavy atom. The molecule has 0 aromatic heterocycles. The van der Waals surface area contributed by atoms with Gasteiger partial charge < -0.3 is 10.0 Å². The lowest BCUT2D eigenvalue weighted by Gasteiger charge is -2.20. The van der Waals surface area contributed by atoms with Crippen LogP contribution >= 0.6 is 0 Å². The first kappa shape index (κ1) is 12.4. The summed E-state index contributed by atoms with van der Waals surface area (Å²) in [5.74, 6) is 0.178. The standard InChI is InChI=1S/C10H21NO2/c1-3-5-6-10(13)11(7-4-2)8-9-12/h12H,3-9H2,1-2H3. The van der Waals surface area contributed by atoms with Crippen molar-refractivity contribution in [1.29, 1.82) is 0 Å². The molecule has 0 spiro atoms. The summed E-state index contributed by atoms with van der Waals surface area (Å²) < 4.78 is 0. The second-order valence-electron chi connectivity index (χ2n) is 3.21. The van der Waals surface area contributed by atoms with Crippen molar-refractivity contribution < 1.29 is 9.90 Å². The molecule has 1 N–H and O–H groups in total. The van der Waals surface area contributed by atoms with E-state index in [-0.39, 0.29) is 12.5 Å². The van der Waals surface area contributed by atoms with Gasteiger partial charge in [-0.3, -0.25) is 4.79 Å². The topological polar surface area (TPSA) is 40.5 Å². The quantitative estimate of drug-likeness (QED) is 0.654. The smallest absolute Gasteiger partial charge is 0.222 e. The molecule has 0 rings (SSSR count). The molecule has 13 heavy (non-hydrogen) atoms. The Labute approximate surface area is 80.7 Å². The van der Waals surface area contributed by atoms with Crippen LogP contribution in [-0.4, -0.2) is 35.6 Å². The summed E-state index contributed by atoms with van der Waals surface area (Å²) in [5.41, 5.74) is 0. The first-order valence-corrected chi connectivity index (χ1v) is 5.14. The first-order chi connectivity index (χ1) is 6.26. The van der Waals surface area contributed by atoms with Gasteiger partial charge in [0, 0.05) is 19.5 Å². The molecule has 0 aliphatic heterocycles. The number of rotatable bonds is 7. The molecule has 0 aromatic rings. The van der Waals surface area contributed by atoms with Gasteiger partial charge in [-0.05, 0) is 12.8 Å². The zero-order valence-corrected chi connectivity index (χ0v) is 8.75. The van der Waals surface area contributed by atoms with E-state index in [4.69, 9.17) is 5.11 Å². The van der Waals surface area contributed by atoms with Crippen molar-refractivity contribution in [2.45, 2.75) is 39.5 Å². The predicted molar refractivity (Wildman–Crippen MR) is 53.5 cm³/mol. The fourth-order valence-corrected chi connectivity index (χ4v) is 1.24. The molecule has 0 heterocycles. The van der Waals surface area contributed by atoms with Crippen LogP contribution in [0.1, 0.15) is 39.5 Å². The summed E-state index contributed by atoms with van der Waals surface area (Å²) in [7, 11) is 0. The molecule has 0 aromatic carbocycles. The number of unbranched alkanes of at least 4 members (excludes halogenated alkanes) is 1. The van der Waals surface area contributed by atoms with Gasteiger partial charge in [0.2, 0.25) is 5.91 Å². The summed E-state index contributed by atoms with van der Waals surface area (Å²) >= 11 is 0. The summed E-state index contributed by atoms with van der Waals surface area (Å²) in [5, 5.41) is 8.74. The lowest BCUT2D eigenvalue weighted by Crippen LogP contribution is -2.33. The van der Waals surface area contributed by atoms with Gasteiger partial charge in [-0.15, -0.1) is 0 Å². The monoisotopic (exact) mass is 187 g/mol. The van der Waals surface area contributed by atoms with Gasteiger partial charge in [-0.2, -0.15) is 0 Å². The molecule has 0 saturated heterocycles. The third-order valence-electron chi connectivity index (χ3n) is 1.96. The Morgan fingerprint density at radius 1 is 1.23 bits per heavy atom. The van der Waals surface area contributed by atoms with Crippen LogP contribution in [0.3, 0.4) is 0 Å². The van der Waals surface area contributed by atoms with Crippen LogP contribution in [0.2, 0.25) is 0 Å². The average molecular weight is 187 g/mol. The predicted octanol–water partition coefficient (Wildman–Crippen LogP) is 1.41. The van der Waals surface area contributed by atoms with E-state index in [1.165, 1.54) is 0 Å². The van der Waals surface area contributed by atoms with Gasteiger partial charge >= 0.3 is 0 Å². The largest absolute Gasteiger partial charge is 0.395 e. The summed E-state index contributed by atoms with van der Waals surface area (Å²) in [4.78, 5) is 13.2. The summed E-state index contributed by atoms with van der Waals surface area (Å²) in [6, 6.07) is 0. The molecular formula is C10H21NO2. The van der Waals surface area contributed by atoms with Gasteiger partial charge in [0.05, 0.1) is 6.61 Å². The second kappa shape index (κ2) is 8.05. The highest BCUT2D eigenvalue weighted by atomic mass is 16.3. The first-order valence-electron chi connectivity index (χ1n) is 5.14. The minimum atomic E-state index is 0.0673. The number of aliphatic hydroxyl groups is 1. The van der Waals surface area contributed by atoms with Crippen LogP contribution in [0.5, 0.6) is 0 Å². The van der Waals surface area contributed by atoms with Crippen LogP contribution in [0.15, 0.2) is 0 Å². The SMILES string of the molecule is CCCCC(=O)N(CCC)CCO. The molecule has 0 radical (unpaired) electrons. The Balaban J connectivity index is 3.80. The van der Waals surface area contributed by atoms with Crippen molar-refractivity contribution in [2.24, 2.45) is 0 Å². The maximum atomic E-state index is 11.5. The highest BCUT2D eigenvalue weighted by Gasteiger charge is 2.10. The number of hydrogen-bond acceptors (Lipinski definition) is 2. The van der Waals surface area contributed by atoms with Crippen molar-refractivity contribution in [1.82, 2.24) is 4.90 Å². The molecule has 0 saturated carbocycles. The number of nitrogens with zero attached hydrogens (tertiary/aromatic N) is 1. The van der Waals surface area contributed by atoms with Crippen LogP contribution in [0, 0.1) is 0 Å². The Morgan fingerprint density at radius 3 is 2.38 bits per heavy atom. The fourth-order valence-electron chi connectivity index (χ4n) is 1.24. The average Bonchev–Trinajstić information content (AvgIpc) is 2.14. The molecule has 3 nitrogen and oxygen atoms in total. The van der Waals surface area contributed by atoms with E-state index in [1.807, 2.05) is 6.92 Å². The van der Waals surface area contributed by atoms with E-state index < -0.39 is 0 Å². The van der Waals surface area contributed by atoms with Crippen molar-refractivity contribution >= 4 is 5.91 Å². The van der Waals surface area contributed by atoms with Crippen LogP contribution in [-0.2, 0) is 4.79 Å². The molecule has 0 aliphatic carbocycles. The Kier molecular flexibility index (Phi) is 7.69. The van der Waals surface area contributed by atoms with E-state index in [9.17, 15) is 4.79 Å². The highest BCUT2D eigenvalue weighted by molar-refractivity contribution is 5.76. The van der Waals surface area contributed by atoms with Gasteiger partial charge in [0.15, 0.2) is 0 Å². The van der Waals surface area contributed by atoms with Crippen molar-refractivity contribution in [3.63, 3.8) is 0 Å². The third-order valence-corrected chi connectivity index (χ3v) is 1.96. The third kappa shape index (κ3) is 5.64. The van der Waals surface area contributed by atoms with E-state index >= 15 is 0 Å². The van der Waals surface area contributed by atoms with Crippen molar-refractivity contribution in [2.75, 3.05) is 19.7 Å². The van der Waals surface area contributed by atoms with E-state index in [2.05, 4.69) is 6.92 Å². The summed E-state index contributed by atoms with van der Waals surface area (Å²) in [6.45, 7) is 5.43. The van der Waals surface area contributed by atoms with E-state index in [1.54, 1.807) is 4.90 Å². The highest BCUT2D eigenvalue weighted by Crippen LogP contribution is 2.01. The molecule has 0 unspecified atom stereocenters.